The fourth-order valence-corrected chi connectivity index (χ4v) is 1.97. The number of ether oxygens (including phenoxy) is 1. The highest BCUT2D eigenvalue weighted by Crippen LogP contribution is 2.32. The standard InChI is InChI=1S/C8H14FNO/c9-7-5-10-6-8(7)3-1-2-4-11-8/h7,10H,1-6H2. The van der Waals surface area contributed by atoms with E-state index in [2.05, 4.69) is 5.32 Å². The van der Waals surface area contributed by atoms with Crippen LogP contribution in [-0.4, -0.2) is 31.5 Å². The number of hydrogen-bond donors (Lipinski definition) is 1. The van der Waals surface area contributed by atoms with Gasteiger partial charge in [0.05, 0.1) is 0 Å². The van der Waals surface area contributed by atoms with E-state index in [-0.39, 0.29) is 0 Å². The highest BCUT2D eigenvalue weighted by molar-refractivity contribution is 4.99. The number of nitrogens with one attached hydrogen (secondary N) is 1. The fourth-order valence-electron chi connectivity index (χ4n) is 1.97. The minimum Gasteiger partial charge on any atom is -0.371 e. The van der Waals surface area contributed by atoms with Gasteiger partial charge in [-0.25, -0.2) is 4.39 Å². The van der Waals surface area contributed by atoms with Crippen molar-refractivity contribution in [3.8, 4) is 0 Å². The summed E-state index contributed by atoms with van der Waals surface area (Å²) in [5.74, 6) is 0. The molecular formula is C8H14FNO. The lowest BCUT2D eigenvalue weighted by atomic mass is 9.92. The molecule has 0 radical (unpaired) electrons. The number of hydrogen-bond acceptors (Lipinski definition) is 2. The summed E-state index contributed by atoms with van der Waals surface area (Å²) >= 11 is 0. The average Bonchev–Trinajstić information content (AvgIpc) is 2.36. The Bertz CT molecular complexity index is 145. The predicted molar refractivity (Wildman–Crippen MR) is 40.3 cm³/mol. The molecule has 2 rings (SSSR count). The van der Waals surface area contributed by atoms with Crippen molar-refractivity contribution < 1.29 is 9.13 Å². The van der Waals surface area contributed by atoms with E-state index in [0.29, 0.717) is 13.1 Å². The third-order valence-electron chi connectivity index (χ3n) is 2.70. The van der Waals surface area contributed by atoms with Crippen molar-refractivity contribution in [1.82, 2.24) is 5.32 Å². The maximum Gasteiger partial charge on any atom is 0.143 e. The summed E-state index contributed by atoms with van der Waals surface area (Å²) in [6, 6.07) is 0. The Kier molecular flexibility index (Phi) is 1.85. The van der Waals surface area contributed by atoms with E-state index in [1.165, 1.54) is 0 Å². The Labute approximate surface area is 66.1 Å². The summed E-state index contributed by atoms with van der Waals surface area (Å²) in [7, 11) is 0. The molecule has 0 bridgehead atoms. The van der Waals surface area contributed by atoms with E-state index in [1.807, 2.05) is 0 Å². The van der Waals surface area contributed by atoms with Crippen molar-refractivity contribution in [2.45, 2.75) is 31.0 Å². The lowest BCUT2D eigenvalue weighted by Gasteiger charge is -2.34. The number of alkyl halides is 1. The molecule has 2 nitrogen and oxygen atoms in total. The molecule has 2 aliphatic heterocycles. The third kappa shape index (κ3) is 1.16. The quantitative estimate of drug-likeness (QED) is 0.566. The van der Waals surface area contributed by atoms with Crippen molar-refractivity contribution in [2.75, 3.05) is 19.7 Å². The Morgan fingerprint density at radius 3 is 2.91 bits per heavy atom. The van der Waals surface area contributed by atoms with Gasteiger partial charge in [-0.15, -0.1) is 0 Å². The zero-order valence-electron chi connectivity index (χ0n) is 6.61. The molecule has 2 unspecified atom stereocenters. The highest BCUT2D eigenvalue weighted by atomic mass is 19.1. The van der Waals surface area contributed by atoms with Crippen LogP contribution in [0.4, 0.5) is 4.39 Å². The summed E-state index contributed by atoms with van der Waals surface area (Å²) in [6.07, 6.45) is 2.31. The fraction of sp³-hybridized carbons (Fsp3) is 1.00. The molecule has 0 aromatic carbocycles. The molecule has 0 aromatic heterocycles. The first-order chi connectivity index (χ1) is 5.33. The average molecular weight is 159 g/mol. The van der Waals surface area contributed by atoms with Gasteiger partial charge in [0.15, 0.2) is 0 Å². The summed E-state index contributed by atoms with van der Waals surface area (Å²) in [5, 5.41) is 3.03. The van der Waals surface area contributed by atoms with Crippen LogP contribution in [0.15, 0.2) is 0 Å². The second-order valence-electron chi connectivity index (χ2n) is 3.47. The molecule has 11 heavy (non-hydrogen) atoms. The summed E-state index contributed by atoms with van der Waals surface area (Å²) in [6.45, 7) is 1.91. The van der Waals surface area contributed by atoms with Crippen LogP contribution in [0.5, 0.6) is 0 Å². The first-order valence-corrected chi connectivity index (χ1v) is 4.32. The van der Waals surface area contributed by atoms with Gasteiger partial charge in [0.25, 0.3) is 0 Å². The van der Waals surface area contributed by atoms with E-state index in [9.17, 15) is 4.39 Å². The molecule has 3 heteroatoms. The van der Waals surface area contributed by atoms with E-state index in [1.54, 1.807) is 0 Å². The van der Waals surface area contributed by atoms with Crippen LogP contribution < -0.4 is 5.32 Å². The summed E-state index contributed by atoms with van der Waals surface area (Å²) in [4.78, 5) is 0. The molecule has 1 spiro atoms. The SMILES string of the molecule is FC1CNCC12CCCCO2. The zero-order valence-corrected chi connectivity index (χ0v) is 6.61. The van der Waals surface area contributed by atoms with Gasteiger partial charge in [0, 0.05) is 19.7 Å². The van der Waals surface area contributed by atoms with Gasteiger partial charge < -0.3 is 10.1 Å². The molecule has 2 atom stereocenters. The predicted octanol–water partition coefficient (Wildman–Crippen LogP) is 0.867. The van der Waals surface area contributed by atoms with Gasteiger partial charge in [-0.2, -0.15) is 0 Å². The molecular weight excluding hydrogens is 145 g/mol. The van der Waals surface area contributed by atoms with Crippen molar-refractivity contribution >= 4 is 0 Å². The smallest absolute Gasteiger partial charge is 0.143 e. The van der Waals surface area contributed by atoms with Gasteiger partial charge in [0.1, 0.15) is 11.8 Å². The Morgan fingerprint density at radius 1 is 1.45 bits per heavy atom. The maximum atomic E-state index is 13.3. The van der Waals surface area contributed by atoms with Crippen LogP contribution in [0, 0.1) is 0 Å². The van der Waals surface area contributed by atoms with Crippen LogP contribution in [0.3, 0.4) is 0 Å². The van der Waals surface area contributed by atoms with Crippen LogP contribution in [0.25, 0.3) is 0 Å². The van der Waals surface area contributed by atoms with Crippen LogP contribution in [0.1, 0.15) is 19.3 Å². The van der Waals surface area contributed by atoms with Gasteiger partial charge >= 0.3 is 0 Å². The first-order valence-electron chi connectivity index (χ1n) is 4.32. The Balaban J connectivity index is 2.06. The summed E-state index contributed by atoms with van der Waals surface area (Å²) in [5.41, 5.74) is -0.446. The molecule has 0 aliphatic carbocycles. The Morgan fingerprint density at radius 2 is 2.36 bits per heavy atom. The Hall–Kier alpha value is -0.150. The van der Waals surface area contributed by atoms with Gasteiger partial charge in [-0.3, -0.25) is 0 Å². The monoisotopic (exact) mass is 159 g/mol. The largest absolute Gasteiger partial charge is 0.371 e. The van der Waals surface area contributed by atoms with E-state index in [0.717, 1.165) is 25.9 Å². The molecule has 0 amide bonds. The highest BCUT2D eigenvalue weighted by Gasteiger charge is 2.45. The van der Waals surface area contributed by atoms with Gasteiger partial charge in [0.2, 0.25) is 0 Å². The lowest BCUT2D eigenvalue weighted by Crippen LogP contribution is -2.44. The van der Waals surface area contributed by atoms with E-state index in [4.69, 9.17) is 4.74 Å². The second kappa shape index (κ2) is 2.72. The first kappa shape index (κ1) is 7.50. The number of rotatable bonds is 0. The maximum absolute atomic E-state index is 13.3. The van der Waals surface area contributed by atoms with Crippen molar-refractivity contribution in [3.63, 3.8) is 0 Å². The topological polar surface area (TPSA) is 21.3 Å². The zero-order chi connectivity index (χ0) is 7.73. The molecule has 0 aromatic rings. The molecule has 64 valence electrons. The van der Waals surface area contributed by atoms with Crippen molar-refractivity contribution in [1.29, 1.82) is 0 Å². The molecule has 2 saturated heterocycles. The van der Waals surface area contributed by atoms with E-state index >= 15 is 0 Å². The van der Waals surface area contributed by atoms with Crippen LogP contribution in [0.2, 0.25) is 0 Å². The van der Waals surface area contributed by atoms with Crippen molar-refractivity contribution in [2.24, 2.45) is 0 Å². The summed E-state index contributed by atoms with van der Waals surface area (Å²) < 4.78 is 18.8. The van der Waals surface area contributed by atoms with Gasteiger partial charge in [-0.05, 0) is 19.3 Å². The molecule has 2 heterocycles. The molecule has 2 aliphatic rings. The van der Waals surface area contributed by atoms with E-state index < -0.39 is 11.8 Å². The van der Waals surface area contributed by atoms with Crippen LogP contribution in [-0.2, 0) is 4.74 Å². The minimum atomic E-state index is -0.789. The molecule has 0 saturated carbocycles. The molecule has 1 N–H and O–H groups in total. The number of halogens is 1. The third-order valence-corrected chi connectivity index (χ3v) is 2.70. The minimum absolute atomic E-state index is 0.446. The lowest BCUT2D eigenvalue weighted by molar-refractivity contribution is -0.0987. The van der Waals surface area contributed by atoms with Gasteiger partial charge in [-0.1, -0.05) is 0 Å². The second-order valence-corrected chi connectivity index (χ2v) is 3.47. The normalized spacial score (nSPS) is 45.0. The molecule has 2 fully saturated rings. The van der Waals surface area contributed by atoms with Crippen LogP contribution >= 0.6 is 0 Å². The van der Waals surface area contributed by atoms with Crippen molar-refractivity contribution in [3.05, 3.63) is 0 Å².